The van der Waals surface area contributed by atoms with Crippen molar-refractivity contribution >= 4 is 11.8 Å². The average Bonchev–Trinajstić information content (AvgIpc) is 2.52. The second kappa shape index (κ2) is 7.24. The van der Waals surface area contributed by atoms with Gasteiger partial charge in [-0.05, 0) is 29.8 Å². The van der Waals surface area contributed by atoms with Crippen molar-refractivity contribution in [1.82, 2.24) is 0 Å². The first-order chi connectivity index (χ1) is 10.1. The van der Waals surface area contributed by atoms with Crippen LogP contribution in [0, 0.1) is 0 Å². The van der Waals surface area contributed by atoms with Gasteiger partial charge in [-0.15, -0.1) is 0 Å². The molecule has 108 valence electrons. The van der Waals surface area contributed by atoms with Crippen LogP contribution in [0.15, 0.2) is 54.6 Å². The SMILES string of the molecule is O=C(O)CCC(=O)c1ccc(OCc2ccccc2)cc1. The topological polar surface area (TPSA) is 63.6 Å². The predicted molar refractivity (Wildman–Crippen MR) is 78.4 cm³/mol. The quantitative estimate of drug-likeness (QED) is 0.792. The van der Waals surface area contributed by atoms with E-state index in [1.54, 1.807) is 24.3 Å². The van der Waals surface area contributed by atoms with Crippen molar-refractivity contribution in [3.63, 3.8) is 0 Å². The van der Waals surface area contributed by atoms with Gasteiger partial charge in [0.05, 0.1) is 6.42 Å². The van der Waals surface area contributed by atoms with E-state index in [9.17, 15) is 9.59 Å². The zero-order valence-corrected chi connectivity index (χ0v) is 11.5. The fourth-order valence-electron chi connectivity index (χ4n) is 1.84. The van der Waals surface area contributed by atoms with Gasteiger partial charge in [0.25, 0.3) is 0 Å². The first kappa shape index (κ1) is 14.8. The fourth-order valence-corrected chi connectivity index (χ4v) is 1.84. The molecule has 0 aromatic heterocycles. The summed E-state index contributed by atoms with van der Waals surface area (Å²) >= 11 is 0. The lowest BCUT2D eigenvalue weighted by Gasteiger charge is -2.07. The van der Waals surface area contributed by atoms with Crippen LogP contribution in [0.25, 0.3) is 0 Å². The summed E-state index contributed by atoms with van der Waals surface area (Å²) in [6.07, 6.45) is -0.134. The van der Waals surface area contributed by atoms with Gasteiger partial charge < -0.3 is 9.84 Å². The first-order valence-corrected chi connectivity index (χ1v) is 6.67. The molecule has 21 heavy (non-hydrogen) atoms. The van der Waals surface area contributed by atoms with Gasteiger partial charge in [0.2, 0.25) is 0 Å². The van der Waals surface area contributed by atoms with Crippen LogP contribution in [0.3, 0.4) is 0 Å². The molecule has 0 fully saturated rings. The molecule has 0 radical (unpaired) electrons. The molecule has 0 amide bonds. The highest BCUT2D eigenvalue weighted by atomic mass is 16.5. The van der Waals surface area contributed by atoms with Gasteiger partial charge in [-0.25, -0.2) is 0 Å². The molecule has 2 aromatic carbocycles. The molecule has 0 atom stereocenters. The van der Waals surface area contributed by atoms with Crippen molar-refractivity contribution in [2.24, 2.45) is 0 Å². The third-order valence-electron chi connectivity index (χ3n) is 2.99. The van der Waals surface area contributed by atoms with Crippen LogP contribution in [-0.2, 0) is 11.4 Å². The molecule has 4 nitrogen and oxygen atoms in total. The molecule has 0 bridgehead atoms. The number of aliphatic carboxylic acids is 1. The smallest absolute Gasteiger partial charge is 0.303 e. The number of ether oxygens (including phenoxy) is 1. The zero-order chi connectivity index (χ0) is 15.1. The Hall–Kier alpha value is -2.62. The van der Waals surface area contributed by atoms with E-state index in [-0.39, 0.29) is 18.6 Å². The van der Waals surface area contributed by atoms with Crippen molar-refractivity contribution in [2.45, 2.75) is 19.4 Å². The molecular formula is C17H16O4. The summed E-state index contributed by atoms with van der Waals surface area (Å²) < 4.78 is 5.62. The maximum absolute atomic E-state index is 11.7. The van der Waals surface area contributed by atoms with E-state index in [0.717, 1.165) is 5.56 Å². The summed E-state index contributed by atoms with van der Waals surface area (Å²) in [6, 6.07) is 16.5. The summed E-state index contributed by atoms with van der Waals surface area (Å²) in [6.45, 7) is 0.465. The van der Waals surface area contributed by atoms with Crippen LogP contribution in [0.2, 0.25) is 0 Å². The maximum atomic E-state index is 11.7. The standard InChI is InChI=1S/C17H16O4/c18-16(10-11-17(19)20)14-6-8-15(9-7-14)21-12-13-4-2-1-3-5-13/h1-9H,10-12H2,(H,19,20). The molecular weight excluding hydrogens is 268 g/mol. The van der Waals surface area contributed by atoms with Gasteiger partial charge in [0.1, 0.15) is 12.4 Å². The Balaban J connectivity index is 1.89. The lowest BCUT2D eigenvalue weighted by molar-refractivity contribution is -0.136. The Labute approximate surface area is 123 Å². The molecule has 1 N–H and O–H groups in total. The van der Waals surface area contributed by atoms with Crippen LogP contribution in [0.4, 0.5) is 0 Å². The molecule has 0 spiro atoms. The minimum absolute atomic E-state index is 0.0134. The van der Waals surface area contributed by atoms with Crippen LogP contribution in [0.5, 0.6) is 5.75 Å². The molecule has 0 aliphatic carbocycles. The highest BCUT2D eigenvalue weighted by molar-refractivity contribution is 5.97. The third-order valence-corrected chi connectivity index (χ3v) is 2.99. The van der Waals surface area contributed by atoms with Gasteiger partial charge in [-0.2, -0.15) is 0 Å². The fraction of sp³-hybridized carbons (Fsp3) is 0.176. The van der Waals surface area contributed by atoms with Crippen LogP contribution < -0.4 is 4.74 Å². The molecule has 0 aliphatic heterocycles. The lowest BCUT2D eigenvalue weighted by Crippen LogP contribution is -2.03. The lowest BCUT2D eigenvalue weighted by atomic mass is 10.1. The Morgan fingerprint density at radius 1 is 0.905 bits per heavy atom. The summed E-state index contributed by atoms with van der Waals surface area (Å²) in [5.41, 5.74) is 1.57. The second-order valence-corrected chi connectivity index (χ2v) is 4.62. The molecule has 0 unspecified atom stereocenters. The molecule has 2 aromatic rings. The molecule has 0 aliphatic rings. The van der Waals surface area contributed by atoms with Gasteiger partial charge in [-0.3, -0.25) is 9.59 Å². The highest BCUT2D eigenvalue weighted by Gasteiger charge is 2.08. The molecule has 2 rings (SSSR count). The minimum atomic E-state index is -0.967. The van der Waals surface area contributed by atoms with Gasteiger partial charge >= 0.3 is 5.97 Å². The number of carbonyl (C=O) groups is 2. The zero-order valence-electron chi connectivity index (χ0n) is 11.5. The summed E-state index contributed by atoms with van der Waals surface area (Å²) in [5.74, 6) is -0.466. The minimum Gasteiger partial charge on any atom is -0.489 e. The average molecular weight is 284 g/mol. The van der Waals surface area contributed by atoms with Crippen LogP contribution >= 0.6 is 0 Å². The number of benzene rings is 2. The van der Waals surface area contributed by atoms with E-state index < -0.39 is 5.97 Å². The molecule has 0 saturated heterocycles. The number of Topliss-reactive ketones (excluding diaryl/α,β-unsaturated/α-hetero) is 1. The number of rotatable bonds is 7. The Morgan fingerprint density at radius 3 is 2.19 bits per heavy atom. The Kier molecular flexibility index (Phi) is 5.10. The van der Waals surface area contributed by atoms with Crippen molar-refractivity contribution in [1.29, 1.82) is 0 Å². The molecule has 4 heteroatoms. The van der Waals surface area contributed by atoms with Crippen molar-refractivity contribution in [3.8, 4) is 5.75 Å². The van der Waals surface area contributed by atoms with Gasteiger partial charge in [0, 0.05) is 12.0 Å². The van der Waals surface area contributed by atoms with E-state index in [1.165, 1.54) is 0 Å². The van der Waals surface area contributed by atoms with Gasteiger partial charge in [-0.1, -0.05) is 30.3 Å². The summed E-state index contributed by atoms with van der Waals surface area (Å²) in [4.78, 5) is 22.2. The number of ketones is 1. The second-order valence-electron chi connectivity index (χ2n) is 4.62. The van der Waals surface area contributed by atoms with E-state index in [0.29, 0.717) is 17.9 Å². The van der Waals surface area contributed by atoms with Crippen LogP contribution in [0.1, 0.15) is 28.8 Å². The largest absolute Gasteiger partial charge is 0.489 e. The molecule has 0 saturated carbocycles. The van der Waals surface area contributed by atoms with Crippen molar-refractivity contribution in [2.75, 3.05) is 0 Å². The maximum Gasteiger partial charge on any atom is 0.303 e. The van der Waals surface area contributed by atoms with E-state index in [2.05, 4.69) is 0 Å². The Morgan fingerprint density at radius 2 is 1.57 bits per heavy atom. The number of carbonyl (C=O) groups excluding carboxylic acids is 1. The van der Waals surface area contributed by atoms with E-state index >= 15 is 0 Å². The molecule has 0 heterocycles. The first-order valence-electron chi connectivity index (χ1n) is 6.67. The summed E-state index contributed by atoms with van der Waals surface area (Å²) in [5, 5.41) is 8.56. The number of hydrogen-bond donors (Lipinski definition) is 1. The third kappa shape index (κ3) is 4.76. The highest BCUT2D eigenvalue weighted by Crippen LogP contribution is 2.15. The van der Waals surface area contributed by atoms with Crippen molar-refractivity contribution < 1.29 is 19.4 Å². The van der Waals surface area contributed by atoms with Crippen LogP contribution in [-0.4, -0.2) is 16.9 Å². The Bertz CT molecular complexity index is 602. The summed E-state index contributed by atoms with van der Waals surface area (Å²) in [7, 11) is 0. The number of carboxylic acid groups (broad SMARTS) is 1. The van der Waals surface area contributed by atoms with E-state index in [4.69, 9.17) is 9.84 Å². The van der Waals surface area contributed by atoms with E-state index in [1.807, 2.05) is 30.3 Å². The van der Waals surface area contributed by atoms with Gasteiger partial charge in [0.15, 0.2) is 5.78 Å². The number of hydrogen-bond acceptors (Lipinski definition) is 3. The predicted octanol–water partition coefficient (Wildman–Crippen LogP) is 3.31. The monoisotopic (exact) mass is 284 g/mol. The normalized spacial score (nSPS) is 10.1. The number of carboxylic acids is 1. The van der Waals surface area contributed by atoms with Crippen molar-refractivity contribution in [3.05, 3.63) is 65.7 Å².